The molecule has 2 rings (SSSR count). The van der Waals surface area contributed by atoms with E-state index in [1.165, 1.54) is 0 Å². The number of hydrogen-bond donors (Lipinski definition) is 0. The summed E-state index contributed by atoms with van der Waals surface area (Å²) in [6, 6.07) is 9.78. The number of ketones is 1. The van der Waals surface area contributed by atoms with Crippen LogP contribution in [0.15, 0.2) is 36.5 Å². The van der Waals surface area contributed by atoms with Crippen molar-refractivity contribution in [3.63, 3.8) is 0 Å². The zero-order chi connectivity index (χ0) is 11.4. The Morgan fingerprint density at radius 1 is 1.31 bits per heavy atom. The molecule has 2 aromatic rings. The van der Waals surface area contributed by atoms with Crippen LogP contribution in [0.1, 0.15) is 19.0 Å². The van der Waals surface area contributed by atoms with Gasteiger partial charge in [-0.05, 0) is 25.5 Å². The molecule has 1 heterocycles. The van der Waals surface area contributed by atoms with Gasteiger partial charge in [0.25, 0.3) is 0 Å². The lowest BCUT2D eigenvalue weighted by molar-refractivity contribution is -0.116. The van der Waals surface area contributed by atoms with E-state index in [-0.39, 0.29) is 5.78 Å². The minimum Gasteiger partial charge on any atom is -0.300 e. The Morgan fingerprint density at radius 3 is 2.75 bits per heavy atom. The van der Waals surface area contributed by atoms with Crippen molar-refractivity contribution < 1.29 is 4.79 Å². The molecular formula is C12H13N3O. The number of rotatable bonds is 4. The number of benzene rings is 1. The molecule has 0 aliphatic rings. The van der Waals surface area contributed by atoms with Gasteiger partial charge in [0.1, 0.15) is 5.78 Å². The minimum atomic E-state index is 0.175. The Hall–Kier alpha value is -1.97. The molecule has 0 atom stereocenters. The maximum absolute atomic E-state index is 10.8. The van der Waals surface area contributed by atoms with Crippen molar-refractivity contribution in [1.29, 1.82) is 0 Å². The van der Waals surface area contributed by atoms with E-state index in [1.807, 2.05) is 36.5 Å². The lowest BCUT2D eigenvalue weighted by Gasteiger charge is -1.97. The van der Waals surface area contributed by atoms with Crippen LogP contribution in [0.5, 0.6) is 0 Å². The first-order valence-corrected chi connectivity index (χ1v) is 5.22. The summed E-state index contributed by atoms with van der Waals surface area (Å²) in [5.41, 5.74) is 1.82. The molecule has 1 aromatic heterocycles. The van der Waals surface area contributed by atoms with E-state index in [2.05, 4.69) is 10.3 Å². The first-order valence-electron chi connectivity index (χ1n) is 5.22. The molecule has 0 saturated heterocycles. The van der Waals surface area contributed by atoms with E-state index >= 15 is 0 Å². The second-order valence-electron chi connectivity index (χ2n) is 3.69. The predicted octanol–water partition coefficient (Wildman–Crippen LogP) is 1.79. The summed E-state index contributed by atoms with van der Waals surface area (Å²) in [7, 11) is 0. The molecule has 0 fully saturated rings. The van der Waals surface area contributed by atoms with Crippen LogP contribution < -0.4 is 0 Å². The summed E-state index contributed by atoms with van der Waals surface area (Å²) < 4.78 is 1.72. The summed E-state index contributed by atoms with van der Waals surface area (Å²) in [6.45, 7) is 1.58. The van der Waals surface area contributed by atoms with Gasteiger partial charge in [-0.15, -0.1) is 5.10 Å². The van der Waals surface area contributed by atoms with Gasteiger partial charge in [-0.1, -0.05) is 23.4 Å². The second-order valence-corrected chi connectivity index (χ2v) is 3.69. The molecule has 0 radical (unpaired) electrons. The Balaban J connectivity index is 2.11. The van der Waals surface area contributed by atoms with Crippen LogP contribution in [0.2, 0.25) is 0 Å². The molecule has 0 bridgehead atoms. The number of aryl methyl sites for hydroxylation is 1. The van der Waals surface area contributed by atoms with Crippen molar-refractivity contribution in [2.75, 3.05) is 0 Å². The maximum atomic E-state index is 10.8. The topological polar surface area (TPSA) is 47.8 Å². The van der Waals surface area contributed by atoms with Crippen LogP contribution in [0.3, 0.4) is 0 Å². The predicted molar refractivity (Wildman–Crippen MR) is 60.4 cm³/mol. The van der Waals surface area contributed by atoms with Crippen LogP contribution in [0.4, 0.5) is 0 Å². The molecule has 0 spiro atoms. The lowest BCUT2D eigenvalue weighted by atomic mass is 10.2. The van der Waals surface area contributed by atoms with Gasteiger partial charge in [0, 0.05) is 6.42 Å². The normalized spacial score (nSPS) is 10.3. The van der Waals surface area contributed by atoms with Gasteiger partial charge in [0.15, 0.2) is 0 Å². The lowest BCUT2D eigenvalue weighted by Crippen LogP contribution is -1.94. The van der Waals surface area contributed by atoms with Crippen molar-refractivity contribution in [3.8, 4) is 5.69 Å². The Bertz CT molecular complexity index is 476. The fourth-order valence-corrected chi connectivity index (χ4v) is 1.42. The average molecular weight is 215 g/mol. The van der Waals surface area contributed by atoms with E-state index in [9.17, 15) is 4.79 Å². The van der Waals surface area contributed by atoms with Crippen molar-refractivity contribution in [2.45, 2.75) is 19.8 Å². The molecule has 0 amide bonds. The minimum absolute atomic E-state index is 0.175. The number of carbonyl (C=O) groups is 1. The fourth-order valence-electron chi connectivity index (χ4n) is 1.42. The molecule has 0 saturated carbocycles. The monoisotopic (exact) mass is 215 g/mol. The van der Waals surface area contributed by atoms with Crippen molar-refractivity contribution in [2.24, 2.45) is 0 Å². The summed E-state index contributed by atoms with van der Waals surface area (Å²) in [4.78, 5) is 10.8. The number of hydrogen-bond acceptors (Lipinski definition) is 3. The third-order valence-electron chi connectivity index (χ3n) is 2.29. The maximum Gasteiger partial charge on any atom is 0.130 e. The van der Waals surface area contributed by atoms with Crippen molar-refractivity contribution >= 4 is 5.78 Å². The van der Waals surface area contributed by atoms with Crippen LogP contribution in [-0.2, 0) is 11.2 Å². The van der Waals surface area contributed by atoms with E-state index in [0.29, 0.717) is 12.8 Å². The molecule has 82 valence electrons. The third kappa shape index (κ3) is 2.53. The Morgan fingerprint density at radius 2 is 2.06 bits per heavy atom. The Kier molecular flexibility index (Phi) is 3.10. The van der Waals surface area contributed by atoms with Gasteiger partial charge >= 0.3 is 0 Å². The molecule has 0 aliphatic heterocycles. The number of nitrogens with zero attached hydrogens (tertiary/aromatic N) is 3. The first kappa shape index (κ1) is 10.5. The van der Waals surface area contributed by atoms with E-state index in [4.69, 9.17) is 0 Å². The van der Waals surface area contributed by atoms with Crippen LogP contribution >= 0.6 is 0 Å². The highest BCUT2D eigenvalue weighted by atomic mass is 16.1. The van der Waals surface area contributed by atoms with Gasteiger partial charge in [-0.25, -0.2) is 4.68 Å². The van der Waals surface area contributed by atoms with E-state index in [1.54, 1.807) is 11.6 Å². The van der Waals surface area contributed by atoms with Crippen LogP contribution in [0, 0.1) is 0 Å². The van der Waals surface area contributed by atoms with Gasteiger partial charge in [-0.2, -0.15) is 0 Å². The number of para-hydroxylation sites is 1. The summed E-state index contributed by atoms with van der Waals surface area (Å²) >= 11 is 0. The van der Waals surface area contributed by atoms with Crippen LogP contribution in [-0.4, -0.2) is 20.8 Å². The molecule has 4 nitrogen and oxygen atoms in total. The fraction of sp³-hybridized carbons (Fsp3) is 0.250. The smallest absolute Gasteiger partial charge is 0.130 e. The Labute approximate surface area is 93.9 Å². The van der Waals surface area contributed by atoms with Gasteiger partial charge < -0.3 is 4.79 Å². The molecule has 0 N–H and O–H groups in total. The van der Waals surface area contributed by atoms with Gasteiger partial charge in [0.2, 0.25) is 0 Å². The summed E-state index contributed by atoms with van der Waals surface area (Å²) in [5, 5.41) is 8.05. The SMILES string of the molecule is CC(=O)CCc1cn(-c2ccccc2)nn1. The van der Waals surface area contributed by atoms with Crippen molar-refractivity contribution in [1.82, 2.24) is 15.0 Å². The highest BCUT2D eigenvalue weighted by molar-refractivity contribution is 5.75. The molecule has 1 aromatic carbocycles. The largest absolute Gasteiger partial charge is 0.300 e. The standard InChI is InChI=1S/C12H13N3O/c1-10(16)7-8-11-9-15(14-13-11)12-5-3-2-4-6-12/h2-6,9H,7-8H2,1H3. The summed E-state index contributed by atoms with van der Waals surface area (Å²) in [5.74, 6) is 0.175. The quantitative estimate of drug-likeness (QED) is 0.781. The second kappa shape index (κ2) is 4.70. The number of aromatic nitrogens is 3. The molecule has 0 aliphatic carbocycles. The van der Waals surface area contributed by atoms with Crippen LogP contribution in [0.25, 0.3) is 5.69 Å². The molecule has 0 unspecified atom stereocenters. The zero-order valence-electron chi connectivity index (χ0n) is 9.13. The zero-order valence-corrected chi connectivity index (χ0v) is 9.13. The van der Waals surface area contributed by atoms with E-state index in [0.717, 1.165) is 11.4 Å². The van der Waals surface area contributed by atoms with Gasteiger partial charge in [-0.3, -0.25) is 0 Å². The molecular weight excluding hydrogens is 202 g/mol. The first-order chi connectivity index (χ1) is 7.75. The number of carbonyl (C=O) groups excluding carboxylic acids is 1. The molecule has 4 heteroatoms. The number of Topliss-reactive ketones (excluding diaryl/α,β-unsaturated/α-hetero) is 1. The highest BCUT2D eigenvalue weighted by Gasteiger charge is 2.03. The average Bonchev–Trinajstić information content (AvgIpc) is 2.76. The van der Waals surface area contributed by atoms with Crippen molar-refractivity contribution in [3.05, 3.63) is 42.2 Å². The third-order valence-corrected chi connectivity index (χ3v) is 2.29. The highest BCUT2D eigenvalue weighted by Crippen LogP contribution is 2.06. The molecule has 16 heavy (non-hydrogen) atoms. The van der Waals surface area contributed by atoms with Gasteiger partial charge in [0.05, 0.1) is 17.6 Å². The summed E-state index contributed by atoms with van der Waals surface area (Å²) in [6.07, 6.45) is 3.04. The van der Waals surface area contributed by atoms with E-state index < -0.39 is 0 Å².